The van der Waals surface area contributed by atoms with Gasteiger partial charge in [-0.25, -0.2) is 4.79 Å². The average Bonchev–Trinajstić information content (AvgIpc) is 3.04. The van der Waals surface area contributed by atoms with Crippen LogP contribution in [-0.4, -0.2) is 12.6 Å². The van der Waals surface area contributed by atoms with Crippen LogP contribution in [0.2, 0.25) is 0 Å². The van der Waals surface area contributed by atoms with Gasteiger partial charge in [-0.05, 0) is 55.5 Å². The first-order valence-corrected chi connectivity index (χ1v) is 18.7. The molecule has 0 aliphatic rings. The largest absolute Gasteiger partial charge is 0.423 e. The standard InChI is InChI=1S/C41H66O3/c1-4-6-8-10-12-13-14-15-16-17-18-19-20-21-23-27-35-43-36(3)37-31-33-39(34-32-37)41(42)44-40-30-26-25-29-38(40)28-24-22-11-9-7-5-2/h25-26,29-34,36H,4-24,27-28,35H2,1-3H3. The monoisotopic (exact) mass is 607 g/mol. The molecule has 0 aromatic heterocycles. The van der Waals surface area contributed by atoms with Gasteiger partial charge in [0, 0.05) is 6.61 Å². The minimum absolute atomic E-state index is 0.0227. The van der Waals surface area contributed by atoms with Crippen LogP contribution in [0.15, 0.2) is 48.5 Å². The first-order valence-electron chi connectivity index (χ1n) is 18.7. The fourth-order valence-corrected chi connectivity index (χ4v) is 5.96. The average molecular weight is 607 g/mol. The molecule has 0 saturated heterocycles. The summed E-state index contributed by atoms with van der Waals surface area (Å²) in [7, 11) is 0. The predicted molar refractivity (Wildman–Crippen MR) is 189 cm³/mol. The maximum Gasteiger partial charge on any atom is 0.343 e. The van der Waals surface area contributed by atoms with Gasteiger partial charge in [0.25, 0.3) is 0 Å². The Labute approximate surface area is 271 Å². The van der Waals surface area contributed by atoms with Gasteiger partial charge >= 0.3 is 5.97 Å². The molecule has 0 saturated carbocycles. The Balaban J connectivity index is 1.53. The number of aryl methyl sites for hydroxylation is 1. The molecule has 0 spiro atoms. The number of unbranched alkanes of at least 4 members (excludes halogenated alkanes) is 20. The van der Waals surface area contributed by atoms with Crippen molar-refractivity contribution in [3.63, 3.8) is 0 Å². The summed E-state index contributed by atoms with van der Waals surface area (Å²) >= 11 is 0. The molecular formula is C41H66O3. The van der Waals surface area contributed by atoms with Crippen molar-refractivity contribution in [3.05, 3.63) is 65.2 Å². The lowest BCUT2D eigenvalue weighted by Crippen LogP contribution is -2.10. The van der Waals surface area contributed by atoms with Gasteiger partial charge in [0.2, 0.25) is 0 Å². The van der Waals surface area contributed by atoms with Gasteiger partial charge in [-0.3, -0.25) is 0 Å². The first-order chi connectivity index (χ1) is 21.7. The summed E-state index contributed by atoms with van der Waals surface area (Å²) in [5.74, 6) is 0.388. The van der Waals surface area contributed by atoms with E-state index in [0.717, 1.165) is 37.0 Å². The van der Waals surface area contributed by atoms with Crippen molar-refractivity contribution in [2.45, 2.75) is 175 Å². The molecule has 2 aromatic carbocycles. The fraction of sp³-hybridized carbons (Fsp3) is 0.683. The third-order valence-corrected chi connectivity index (χ3v) is 8.96. The van der Waals surface area contributed by atoms with Crippen LogP contribution in [0.4, 0.5) is 0 Å². The van der Waals surface area contributed by atoms with Crippen LogP contribution < -0.4 is 4.74 Å². The Hall–Kier alpha value is -2.13. The third kappa shape index (κ3) is 18.0. The molecule has 0 radical (unpaired) electrons. The second-order valence-electron chi connectivity index (χ2n) is 13.0. The van der Waals surface area contributed by atoms with Crippen LogP contribution in [0.1, 0.15) is 190 Å². The van der Waals surface area contributed by atoms with E-state index in [0.29, 0.717) is 11.3 Å². The van der Waals surface area contributed by atoms with Crippen molar-refractivity contribution in [2.75, 3.05) is 6.61 Å². The summed E-state index contributed by atoms with van der Waals surface area (Å²) in [6.45, 7) is 7.42. The highest BCUT2D eigenvalue weighted by atomic mass is 16.5. The second kappa shape index (κ2) is 26.1. The van der Waals surface area contributed by atoms with E-state index in [4.69, 9.17) is 9.47 Å². The highest BCUT2D eigenvalue weighted by Gasteiger charge is 2.13. The Morgan fingerprint density at radius 3 is 1.55 bits per heavy atom. The molecule has 44 heavy (non-hydrogen) atoms. The number of hydrogen-bond acceptors (Lipinski definition) is 3. The van der Waals surface area contributed by atoms with Crippen molar-refractivity contribution in [3.8, 4) is 5.75 Å². The summed E-state index contributed by atoms with van der Waals surface area (Å²) in [5, 5.41) is 0. The van der Waals surface area contributed by atoms with Crippen molar-refractivity contribution in [2.24, 2.45) is 0 Å². The zero-order chi connectivity index (χ0) is 31.5. The molecular weight excluding hydrogens is 540 g/mol. The smallest absolute Gasteiger partial charge is 0.343 e. The van der Waals surface area contributed by atoms with Crippen LogP contribution in [0, 0.1) is 0 Å². The number of benzene rings is 2. The molecule has 0 aliphatic heterocycles. The zero-order valence-electron chi connectivity index (χ0n) is 28.9. The summed E-state index contributed by atoms with van der Waals surface area (Å²) in [4.78, 5) is 12.9. The topological polar surface area (TPSA) is 35.5 Å². The molecule has 248 valence electrons. The number of ether oxygens (including phenoxy) is 2. The van der Waals surface area contributed by atoms with Crippen LogP contribution in [0.3, 0.4) is 0 Å². The van der Waals surface area contributed by atoms with Gasteiger partial charge in [-0.15, -0.1) is 0 Å². The highest BCUT2D eigenvalue weighted by Crippen LogP contribution is 2.23. The fourth-order valence-electron chi connectivity index (χ4n) is 5.96. The van der Waals surface area contributed by atoms with Gasteiger partial charge in [-0.2, -0.15) is 0 Å². The van der Waals surface area contributed by atoms with Gasteiger partial charge in [0.15, 0.2) is 0 Å². The molecule has 0 fully saturated rings. The van der Waals surface area contributed by atoms with Crippen molar-refractivity contribution >= 4 is 5.97 Å². The SMILES string of the molecule is CCCCCCCCCCCCCCCCCCOC(C)c1ccc(C(=O)Oc2ccccc2CCCCCCCC)cc1. The van der Waals surface area contributed by atoms with E-state index in [1.54, 1.807) is 0 Å². The molecule has 1 unspecified atom stereocenters. The zero-order valence-corrected chi connectivity index (χ0v) is 28.9. The van der Waals surface area contributed by atoms with E-state index in [1.807, 2.05) is 42.5 Å². The molecule has 2 rings (SSSR count). The van der Waals surface area contributed by atoms with Crippen LogP contribution >= 0.6 is 0 Å². The minimum atomic E-state index is -0.298. The van der Waals surface area contributed by atoms with Crippen LogP contribution in [0.5, 0.6) is 5.75 Å². The predicted octanol–water partition coefficient (Wildman–Crippen LogP) is 13.1. The molecule has 0 N–H and O–H groups in total. The molecule has 0 aliphatic carbocycles. The van der Waals surface area contributed by atoms with Crippen molar-refractivity contribution in [1.82, 2.24) is 0 Å². The summed E-state index contributed by atoms with van der Waals surface area (Å²) in [6.07, 6.45) is 30.6. The quantitative estimate of drug-likeness (QED) is 0.0549. The molecule has 0 heterocycles. The Morgan fingerprint density at radius 2 is 1.02 bits per heavy atom. The lowest BCUT2D eigenvalue weighted by Gasteiger charge is -2.14. The van der Waals surface area contributed by atoms with E-state index in [9.17, 15) is 4.79 Å². The number of esters is 1. The molecule has 0 bridgehead atoms. The number of rotatable bonds is 28. The summed E-state index contributed by atoms with van der Waals surface area (Å²) < 4.78 is 11.9. The van der Waals surface area contributed by atoms with Crippen molar-refractivity contribution in [1.29, 1.82) is 0 Å². The second-order valence-corrected chi connectivity index (χ2v) is 13.0. The van der Waals surface area contributed by atoms with E-state index in [2.05, 4.69) is 26.8 Å². The minimum Gasteiger partial charge on any atom is -0.423 e. The Bertz CT molecular complexity index is 951. The number of carbonyl (C=O) groups excluding carboxylic acids is 1. The lowest BCUT2D eigenvalue weighted by molar-refractivity contribution is 0.0626. The maximum atomic E-state index is 12.9. The third-order valence-electron chi connectivity index (χ3n) is 8.96. The molecule has 1 atom stereocenters. The van der Waals surface area contributed by atoms with Gasteiger partial charge in [0.1, 0.15) is 5.75 Å². The van der Waals surface area contributed by atoms with Gasteiger partial charge in [0.05, 0.1) is 11.7 Å². The van der Waals surface area contributed by atoms with Gasteiger partial charge < -0.3 is 9.47 Å². The summed E-state index contributed by atoms with van der Waals surface area (Å²) in [6, 6.07) is 15.7. The maximum absolute atomic E-state index is 12.9. The molecule has 3 heteroatoms. The lowest BCUT2D eigenvalue weighted by atomic mass is 10.0. The molecule has 2 aromatic rings. The number of para-hydroxylation sites is 1. The molecule has 0 amide bonds. The van der Waals surface area contributed by atoms with Gasteiger partial charge in [-0.1, -0.05) is 173 Å². The number of carbonyl (C=O) groups is 1. The Kier molecular flexibility index (Phi) is 22.6. The molecule has 3 nitrogen and oxygen atoms in total. The van der Waals surface area contributed by atoms with Crippen LogP contribution in [0.25, 0.3) is 0 Å². The highest BCUT2D eigenvalue weighted by molar-refractivity contribution is 5.91. The van der Waals surface area contributed by atoms with E-state index >= 15 is 0 Å². The van der Waals surface area contributed by atoms with E-state index < -0.39 is 0 Å². The van der Waals surface area contributed by atoms with Crippen LogP contribution in [-0.2, 0) is 11.2 Å². The summed E-state index contributed by atoms with van der Waals surface area (Å²) in [5.41, 5.74) is 2.79. The van der Waals surface area contributed by atoms with E-state index in [-0.39, 0.29) is 12.1 Å². The van der Waals surface area contributed by atoms with E-state index in [1.165, 1.54) is 128 Å². The first kappa shape index (κ1) is 38.1. The number of hydrogen-bond donors (Lipinski definition) is 0. The normalized spacial score (nSPS) is 12.0. The Morgan fingerprint density at radius 1 is 0.568 bits per heavy atom. The van der Waals surface area contributed by atoms with Crippen molar-refractivity contribution < 1.29 is 14.3 Å².